The minimum atomic E-state index is -0.310. The predicted octanol–water partition coefficient (Wildman–Crippen LogP) is 5.73. The number of carbonyl (C=O) groups excluding carboxylic acids is 1. The van der Waals surface area contributed by atoms with Gasteiger partial charge in [-0.1, -0.05) is 24.3 Å². The number of aryl methyl sites for hydroxylation is 1. The number of fused-ring (bicyclic) bond motifs is 1. The van der Waals surface area contributed by atoms with Crippen LogP contribution >= 0.6 is 11.3 Å². The second kappa shape index (κ2) is 8.67. The second-order valence-corrected chi connectivity index (χ2v) is 8.98. The zero-order chi connectivity index (χ0) is 22.9. The fourth-order valence-electron chi connectivity index (χ4n) is 4.32. The number of hydrogen-bond acceptors (Lipinski definition) is 3. The largest absolute Gasteiger partial charge is 0.361 e. The molecule has 3 heterocycles. The summed E-state index contributed by atoms with van der Waals surface area (Å²) in [5.74, 6) is -0.451. The molecule has 0 aliphatic rings. The van der Waals surface area contributed by atoms with E-state index in [1.54, 1.807) is 28.2 Å². The first kappa shape index (κ1) is 21.2. The molecule has 1 amide bonds. The molecule has 7 heteroatoms. The van der Waals surface area contributed by atoms with Crippen molar-refractivity contribution < 1.29 is 9.18 Å². The van der Waals surface area contributed by atoms with Gasteiger partial charge < -0.3 is 10.3 Å². The van der Waals surface area contributed by atoms with Crippen molar-refractivity contribution in [1.82, 2.24) is 20.1 Å². The van der Waals surface area contributed by atoms with E-state index in [0.29, 0.717) is 23.5 Å². The van der Waals surface area contributed by atoms with Crippen LogP contribution in [0.1, 0.15) is 38.1 Å². The first-order valence-corrected chi connectivity index (χ1v) is 11.6. The number of carbonyl (C=O) groups is 1. The van der Waals surface area contributed by atoms with Gasteiger partial charge in [0, 0.05) is 34.4 Å². The van der Waals surface area contributed by atoms with Crippen LogP contribution in [-0.2, 0) is 0 Å². The van der Waals surface area contributed by atoms with E-state index in [2.05, 4.69) is 39.0 Å². The molecule has 2 N–H and O–H groups in total. The summed E-state index contributed by atoms with van der Waals surface area (Å²) in [4.78, 5) is 17.8. The molecule has 1 atom stereocenters. The topological polar surface area (TPSA) is 62.7 Å². The number of nitrogens with one attached hydrogen (secondary N) is 2. The maximum Gasteiger partial charge on any atom is 0.255 e. The Morgan fingerprint density at radius 3 is 2.67 bits per heavy atom. The van der Waals surface area contributed by atoms with Crippen LogP contribution in [0, 0.1) is 19.7 Å². The second-order valence-electron chi connectivity index (χ2n) is 8.00. The first-order valence-electron chi connectivity index (χ1n) is 10.7. The number of halogens is 1. The molecule has 5 nitrogen and oxygen atoms in total. The maximum absolute atomic E-state index is 13.3. The highest BCUT2D eigenvalue weighted by atomic mass is 32.1. The van der Waals surface area contributed by atoms with Crippen LogP contribution in [-0.4, -0.2) is 27.2 Å². The molecule has 1 unspecified atom stereocenters. The van der Waals surface area contributed by atoms with Crippen molar-refractivity contribution in [3.63, 3.8) is 0 Å². The van der Waals surface area contributed by atoms with Gasteiger partial charge in [0.15, 0.2) is 0 Å². The van der Waals surface area contributed by atoms with Gasteiger partial charge in [0.2, 0.25) is 0 Å². The highest BCUT2D eigenvalue weighted by molar-refractivity contribution is 7.10. The lowest BCUT2D eigenvalue weighted by molar-refractivity contribution is 0.0951. The van der Waals surface area contributed by atoms with Gasteiger partial charge in [0.05, 0.1) is 22.6 Å². The molecular weight excluding hydrogens is 435 g/mol. The molecule has 5 aromatic rings. The number of hydrogen-bond donors (Lipinski definition) is 2. The Kier molecular flexibility index (Phi) is 5.56. The molecule has 0 fully saturated rings. The summed E-state index contributed by atoms with van der Waals surface area (Å²) in [6.07, 6.45) is 2.03. The van der Waals surface area contributed by atoms with E-state index in [0.717, 1.165) is 22.2 Å². The Morgan fingerprint density at radius 2 is 1.91 bits per heavy atom. The van der Waals surface area contributed by atoms with Crippen molar-refractivity contribution in [3.05, 3.63) is 105 Å². The summed E-state index contributed by atoms with van der Waals surface area (Å²) in [6, 6.07) is 18.4. The van der Waals surface area contributed by atoms with Crippen LogP contribution in [0.5, 0.6) is 0 Å². The van der Waals surface area contributed by atoms with Crippen LogP contribution in [0.2, 0.25) is 0 Å². The summed E-state index contributed by atoms with van der Waals surface area (Å²) in [6.45, 7) is 4.13. The minimum absolute atomic E-state index is 0.0258. The number of aromatic amines is 1. The number of para-hydroxylation sites is 1. The number of aromatic nitrogens is 3. The van der Waals surface area contributed by atoms with E-state index in [4.69, 9.17) is 0 Å². The Bertz CT molecular complexity index is 1420. The molecule has 0 aliphatic heterocycles. The first-order chi connectivity index (χ1) is 16.0. The third kappa shape index (κ3) is 3.96. The van der Waals surface area contributed by atoms with E-state index in [-0.39, 0.29) is 17.6 Å². The van der Waals surface area contributed by atoms with Crippen LogP contribution in [0.15, 0.2) is 72.2 Å². The number of H-pyrrole nitrogens is 1. The quantitative estimate of drug-likeness (QED) is 0.341. The summed E-state index contributed by atoms with van der Waals surface area (Å²) in [7, 11) is 0. The lowest BCUT2D eigenvalue weighted by Gasteiger charge is -2.16. The molecule has 0 saturated heterocycles. The van der Waals surface area contributed by atoms with Crippen molar-refractivity contribution in [3.8, 4) is 5.69 Å². The number of thiophene rings is 1. The van der Waals surface area contributed by atoms with Crippen molar-refractivity contribution >= 4 is 28.1 Å². The van der Waals surface area contributed by atoms with Crippen molar-refractivity contribution in [2.24, 2.45) is 0 Å². The smallest absolute Gasteiger partial charge is 0.255 e. The number of amides is 1. The lowest BCUT2D eigenvalue weighted by atomic mass is 9.96. The standard InChI is InChI=1S/C26H23FN4OS/c1-16-25(17(2)31(30-16)19-11-9-18(27)10-12-19)26(32)29-15-22(24-8-5-13-33-24)21-14-28-23-7-4-3-6-20(21)23/h3-14,22,28H,15H2,1-2H3,(H,29,32). The fraction of sp³-hybridized carbons (Fsp3) is 0.154. The normalized spacial score (nSPS) is 12.2. The van der Waals surface area contributed by atoms with Gasteiger partial charge in [-0.05, 0) is 61.2 Å². The van der Waals surface area contributed by atoms with E-state index in [9.17, 15) is 9.18 Å². The fourth-order valence-corrected chi connectivity index (χ4v) is 5.17. The zero-order valence-corrected chi connectivity index (χ0v) is 19.1. The van der Waals surface area contributed by atoms with Crippen LogP contribution < -0.4 is 5.32 Å². The third-order valence-corrected chi connectivity index (χ3v) is 6.93. The molecule has 0 bridgehead atoms. The third-order valence-electron chi connectivity index (χ3n) is 5.94. The molecule has 33 heavy (non-hydrogen) atoms. The Labute approximate surface area is 194 Å². The van der Waals surface area contributed by atoms with Gasteiger partial charge in [0.1, 0.15) is 5.82 Å². The van der Waals surface area contributed by atoms with Gasteiger partial charge in [-0.15, -0.1) is 11.3 Å². The number of rotatable bonds is 6. The number of benzene rings is 2. The summed E-state index contributed by atoms with van der Waals surface area (Å²) >= 11 is 1.68. The zero-order valence-electron chi connectivity index (χ0n) is 18.3. The lowest BCUT2D eigenvalue weighted by Crippen LogP contribution is -2.29. The molecule has 0 aliphatic carbocycles. The molecule has 2 aromatic carbocycles. The van der Waals surface area contributed by atoms with Crippen molar-refractivity contribution in [2.45, 2.75) is 19.8 Å². The van der Waals surface area contributed by atoms with Crippen LogP contribution in [0.25, 0.3) is 16.6 Å². The Hall–Kier alpha value is -3.71. The van der Waals surface area contributed by atoms with Gasteiger partial charge in [-0.3, -0.25) is 4.79 Å². The number of nitrogens with zero attached hydrogens (tertiary/aromatic N) is 2. The van der Waals surface area contributed by atoms with Gasteiger partial charge in [0.25, 0.3) is 5.91 Å². The Morgan fingerprint density at radius 1 is 1.12 bits per heavy atom. The monoisotopic (exact) mass is 458 g/mol. The van der Waals surface area contributed by atoms with Crippen LogP contribution in [0.3, 0.4) is 0 Å². The van der Waals surface area contributed by atoms with E-state index in [1.807, 2.05) is 38.2 Å². The average Bonchev–Trinajstić information content (AvgIpc) is 3.55. The van der Waals surface area contributed by atoms with Gasteiger partial charge >= 0.3 is 0 Å². The summed E-state index contributed by atoms with van der Waals surface area (Å²) < 4.78 is 15.0. The average molecular weight is 459 g/mol. The maximum atomic E-state index is 13.3. The Balaban J connectivity index is 1.43. The summed E-state index contributed by atoms with van der Waals surface area (Å²) in [5.41, 5.74) is 4.84. The highest BCUT2D eigenvalue weighted by Gasteiger charge is 2.23. The highest BCUT2D eigenvalue weighted by Crippen LogP contribution is 2.33. The van der Waals surface area contributed by atoms with E-state index < -0.39 is 0 Å². The molecule has 5 rings (SSSR count). The molecule has 0 spiro atoms. The van der Waals surface area contributed by atoms with Crippen LogP contribution in [0.4, 0.5) is 4.39 Å². The molecule has 3 aromatic heterocycles. The molecular formula is C26H23FN4OS. The van der Waals surface area contributed by atoms with Gasteiger partial charge in [-0.25, -0.2) is 9.07 Å². The molecule has 166 valence electrons. The summed E-state index contributed by atoms with van der Waals surface area (Å²) in [5, 5.41) is 10.9. The SMILES string of the molecule is Cc1nn(-c2ccc(F)cc2)c(C)c1C(=O)NCC(c1cccs1)c1c[nH]c2ccccc12. The molecule has 0 radical (unpaired) electrons. The van der Waals surface area contributed by atoms with Crippen molar-refractivity contribution in [1.29, 1.82) is 0 Å². The molecule has 0 saturated carbocycles. The van der Waals surface area contributed by atoms with E-state index >= 15 is 0 Å². The minimum Gasteiger partial charge on any atom is -0.361 e. The predicted molar refractivity (Wildman–Crippen MR) is 130 cm³/mol. The van der Waals surface area contributed by atoms with Crippen molar-refractivity contribution in [2.75, 3.05) is 6.54 Å². The van der Waals surface area contributed by atoms with Gasteiger partial charge in [-0.2, -0.15) is 5.10 Å². The van der Waals surface area contributed by atoms with E-state index in [1.165, 1.54) is 17.0 Å².